The second-order valence-corrected chi connectivity index (χ2v) is 4.65. The van der Waals surface area contributed by atoms with Crippen molar-refractivity contribution in [2.75, 3.05) is 17.8 Å². The summed E-state index contributed by atoms with van der Waals surface area (Å²) in [6.45, 7) is 3.67. The Labute approximate surface area is 103 Å². The molecule has 96 valence electrons. The molecule has 0 amide bonds. The maximum Gasteiger partial charge on any atom is 0.433 e. The summed E-state index contributed by atoms with van der Waals surface area (Å²) in [7, 11) is 1.67. The van der Waals surface area contributed by atoms with Gasteiger partial charge in [0.05, 0.1) is 0 Å². The monoisotopic (exact) mass is 266 g/mol. The number of nitrogens with zero attached hydrogens (tertiary/aromatic N) is 2. The van der Waals surface area contributed by atoms with E-state index in [4.69, 9.17) is 11.6 Å². The average molecular weight is 267 g/mol. The first-order valence-electron chi connectivity index (χ1n) is 5.02. The van der Waals surface area contributed by atoms with E-state index in [-0.39, 0.29) is 5.82 Å². The van der Waals surface area contributed by atoms with Gasteiger partial charge in [-0.25, -0.2) is 4.98 Å². The van der Waals surface area contributed by atoms with Gasteiger partial charge in [-0.1, -0.05) is 6.07 Å². The number of hydrogen-bond donors (Lipinski definition) is 0. The molecule has 0 unspecified atom stereocenters. The summed E-state index contributed by atoms with van der Waals surface area (Å²) in [5.41, 5.74) is -1.36. The fraction of sp³-hybridized carbons (Fsp3) is 0.545. The molecule has 1 aromatic rings. The lowest BCUT2D eigenvalue weighted by Crippen LogP contribution is -2.43. The van der Waals surface area contributed by atoms with Crippen LogP contribution in [0.2, 0.25) is 0 Å². The van der Waals surface area contributed by atoms with Crippen molar-refractivity contribution in [3.8, 4) is 0 Å². The molecule has 0 aliphatic rings. The molecule has 0 aliphatic heterocycles. The Morgan fingerprint density at radius 2 is 1.88 bits per heavy atom. The summed E-state index contributed by atoms with van der Waals surface area (Å²) in [5, 5.41) is 0. The topological polar surface area (TPSA) is 16.1 Å². The average Bonchev–Trinajstić information content (AvgIpc) is 2.27. The van der Waals surface area contributed by atoms with Crippen molar-refractivity contribution in [2.24, 2.45) is 0 Å². The quantitative estimate of drug-likeness (QED) is 0.778. The summed E-state index contributed by atoms with van der Waals surface area (Å²) in [6, 6.07) is 3.82. The lowest BCUT2D eigenvalue weighted by atomic mass is 10.1. The fourth-order valence-electron chi connectivity index (χ4n) is 1.17. The molecule has 0 aliphatic carbocycles. The molecule has 6 heteroatoms. The SMILES string of the molecule is CN(c1cccc(C(F)(F)F)n1)C(C)(C)CCl. The third-order valence-corrected chi connectivity index (χ3v) is 3.26. The van der Waals surface area contributed by atoms with Crippen LogP contribution in [0.4, 0.5) is 19.0 Å². The predicted molar refractivity (Wildman–Crippen MR) is 62.4 cm³/mol. The smallest absolute Gasteiger partial charge is 0.353 e. The minimum absolute atomic E-state index is 0.255. The van der Waals surface area contributed by atoms with E-state index in [1.165, 1.54) is 12.1 Å². The highest BCUT2D eigenvalue weighted by Gasteiger charge is 2.33. The third kappa shape index (κ3) is 3.25. The molecule has 1 rings (SSSR count). The number of aromatic nitrogens is 1. The molecule has 0 saturated heterocycles. The van der Waals surface area contributed by atoms with Crippen LogP contribution in [0.5, 0.6) is 0 Å². The second kappa shape index (κ2) is 4.72. The number of rotatable bonds is 3. The third-order valence-electron chi connectivity index (χ3n) is 2.60. The van der Waals surface area contributed by atoms with Gasteiger partial charge in [0.15, 0.2) is 0 Å². The van der Waals surface area contributed by atoms with E-state index >= 15 is 0 Å². The minimum Gasteiger partial charge on any atom is -0.353 e. The van der Waals surface area contributed by atoms with Crippen LogP contribution < -0.4 is 4.90 Å². The van der Waals surface area contributed by atoms with E-state index in [1.54, 1.807) is 11.9 Å². The summed E-state index contributed by atoms with van der Waals surface area (Å²) in [5.74, 6) is 0.548. The van der Waals surface area contributed by atoms with Crippen LogP contribution in [0.3, 0.4) is 0 Å². The van der Waals surface area contributed by atoms with Gasteiger partial charge in [-0.15, -0.1) is 11.6 Å². The maximum atomic E-state index is 12.5. The number of pyridine rings is 1. The first-order chi connectivity index (χ1) is 7.68. The van der Waals surface area contributed by atoms with Crippen LogP contribution in [0, 0.1) is 0 Å². The number of halogens is 4. The van der Waals surface area contributed by atoms with Crippen LogP contribution in [0.15, 0.2) is 18.2 Å². The van der Waals surface area contributed by atoms with Gasteiger partial charge < -0.3 is 4.90 Å². The van der Waals surface area contributed by atoms with Gasteiger partial charge >= 0.3 is 6.18 Å². The molecule has 0 atom stereocenters. The van der Waals surface area contributed by atoms with E-state index in [0.717, 1.165) is 6.07 Å². The molecular formula is C11H14ClF3N2. The second-order valence-electron chi connectivity index (χ2n) is 4.38. The minimum atomic E-state index is -4.43. The normalized spacial score (nSPS) is 12.6. The van der Waals surface area contributed by atoms with Crippen molar-refractivity contribution < 1.29 is 13.2 Å². The molecule has 2 nitrogen and oxygen atoms in total. The summed E-state index contributed by atoms with van der Waals surface area (Å²) in [6.07, 6.45) is -4.43. The molecule has 0 N–H and O–H groups in total. The zero-order chi connectivity index (χ0) is 13.3. The summed E-state index contributed by atoms with van der Waals surface area (Å²) >= 11 is 5.78. The molecule has 0 spiro atoms. The molecule has 0 saturated carbocycles. The van der Waals surface area contributed by atoms with Crippen molar-refractivity contribution in [3.63, 3.8) is 0 Å². The Kier molecular flexibility index (Phi) is 3.91. The molecule has 0 radical (unpaired) electrons. The highest BCUT2D eigenvalue weighted by molar-refractivity contribution is 6.18. The Morgan fingerprint density at radius 3 is 2.35 bits per heavy atom. The molecular weight excluding hydrogens is 253 g/mol. The van der Waals surface area contributed by atoms with Crippen molar-refractivity contribution >= 4 is 17.4 Å². The molecule has 0 bridgehead atoms. The number of hydrogen-bond acceptors (Lipinski definition) is 2. The fourth-order valence-corrected chi connectivity index (χ4v) is 1.35. The van der Waals surface area contributed by atoms with Crippen LogP contribution in [-0.4, -0.2) is 23.5 Å². The molecule has 17 heavy (non-hydrogen) atoms. The Balaban J connectivity index is 3.08. The van der Waals surface area contributed by atoms with Gasteiger partial charge in [-0.2, -0.15) is 13.2 Å². The van der Waals surface area contributed by atoms with E-state index < -0.39 is 17.4 Å². The first kappa shape index (κ1) is 14.1. The zero-order valence-corrected chi connectivity index (χ0v) is 10.6. The van der Waals surface area contributed by atoms with Crippen molar-refractivity contribution in [2.45, 2.75) is 25.6 Å². The van der Waals surface area contributed by atoms with Crippen LogP contribution in [0.25, 0.3) is 0 Å². The van der Waals surface area contributed by atoms with Crippen LogP contribution >= 0.6 is 11.6 Å². The van der Waals surface area contributed by atoms with Crippen molar-refractivity contribution in [1.82, 2.24) is 4.98 Å². The lowest BCUT2D eigenvalue weighted by molar-refractivity contribution is -0.141. The van der Waals surface area contributed by atoms with Crippen LogP contribution in [-0.2, 0) is 6.18 Å². The van der Waals surface area contributed by atoms with Gasteiger partial charge in [0.25, 0.3) is 0 Å². The molecule has 0 aromatic carbocycles. The van der Waals surface area contributed by atoms with E-state index in [2.05, 4.69) is 4.98 Å². The predicted octanol–water partition coefficient (Wildman–Crippen LogP) is 3.55. The van der Waals surface area contributed by atoms with E-state index in [1.807, 2.05) is 13.8 Å². The van der Waals surface area contributed by atoms with E-state index in [0.29, 0.717) is 5.88 Å². The van der Waals surface area contributed by atoms with Gasteiger partial charge in [-0.3, -0.25) is 0 Å². The standard InChI is InChI=1S/C11H14ClF3N2/c1-10(2,7-12)17(3)9-6-4-5-8(16-9)11(13,14)15/h4-6H,7H2,1-3H3. The van der Waals surface area contributed by atoms with Gasteiger partial charge in [-0.05, 0) is 26.0 Å². The maximum absolute atomic E-state index is 12.5. The molecule has 1 aromatic heterocycles. The highest BCUT2D eigenvalue weighted by atomic mass is 35.5. The van der Waals surface area contributed by atoms with Gasteiger partial charge in [0, 0.05) is 18.5 Å². The van der Waals surface area contributed by atoms with Gasteiger partial charge in [0.2, 0.25) is 0 Å². The summed E-state index contributed by atoms with van der Waals surface area (Å²) < 4.78 is 37.5. The first-order valence-corrected chi connectivity index (χ1v) is 5.56. The molecule has 0 fully saturated rings. The Hall–Kier alpha value is -0.970. The largest absolute Gasteiger partial charge is 0.433 e. The van der Waals surface area contributed by atoms with Crippen LogP contribution in [0.1, 0.15) is 19.5 Å². The Morgan fingerprint density at radius 1 is 1.29 bits per heavy atom. The number of alkyl halides is 4. The van der Waals surface area contributed by atoms with Crippen molar-refractivity contribution in [1.29, 1.82) is 0 Å². The lowest BCUT2D eigenvalue weighted by Gasteiger charge is -2.35. The van der Waals surface area contributed by atoms with E-state index in [9.17, 15) is 13.2 Å². The highest BCUT2D eigenvalue weighted by Crippen LogP contribution is 2.30. The number of anilines is 1. The van der Waals surface area contributed by atoms with Crippen molar-refractivity contribution in [3.05, 3.63) is 23.9 Å². The summed E-state index contributed by atoms with van der Waals surface area (Å²) in [4.78, 5) is 5.23. The molecule has 1 heterocycles. The Bertz CT molecular complexity index is 391. The van der Waals surface area contributed by atoms with Gasteiger partial charge in [0.1, 0.15) is 11.5 Å². The zero-order valence-electron chi connectivity index (χ0n) is 9.85.